The summed E-state index contributed by atoms with van der Waals surface area (Å²) in [4.78, 5) is 27.6. The van der Waals surface area contributed by atoms with Crippen molar-refractivity contribution in [2.45, 2.75) is 6.42 Å². The number of imidazole rings is 1. The molecule has 0 aliphatic rings. The van der Waals surface area contributed by atoms with Gasteiger partial charge in [-0.3, -0.25) is 9.59 Å². The van der Waals surface area contributed by atoms with Crippen LogP contribution in [0.3, 0.4) is 0 Å². The number of aryl methyl sites for hydroxylation is 1. The van der Waals surface area contributed by atoms with Gasteiger partial charge in [0.1, 0.15) is 10.0 Å². The SMILES string of the molecule is Cn1cnc(C(=O)CC(=O)c2cc(Cl)sc2Cl)c1. The van der Waals surface area contributed by atoms with Crippen LogP contribution in [0.4, 0.5) is 0 Å². The molecular weight excluding hydrogens is 295 g/mol. The maximum atomic E-state index is 11.9. The van der Waals surface area contributed by atoms with Crippen LogP contribution in [0, 0.1) is 0 Å². The highest BCUT2D eigenvalue weighted by atomic mass is 35.5. The fourth-order valence-corrected chi connectivity index (χ4v) is 2.92. The molecule has 2 rings (SSSR count). The van der Waals surface area contributed by atoms with Gasteiger partial charge in [-0.25, -0.2) is 4.98 Å². The van der Waals surface area contributed by atoms with E-state index in [4.69, 9.17) is 23.2 Å². The summed E-state index contributed by atoms with van der Waals surface area (Å²) in [6.07, 6.45) is 2.81. The highest BCUT2D eigenvalue weighted by Gasteiger charge is 2.19. The molecule has 0 radical (unpaired) electrons. The van der Waals surface area contributed by atoms with E-state index in [2.05, 4.69) is 4.98 Å². The number of rotatable bonds is 4. The largest absolute Gasteiger partial charge is 0.340 e. The molecule has 0 unspecified atom stereocenters. The predicted octanol–water partition coefficient (Wildman–Crippen LogP) is 3.24. The van der Waals surface area contributed by atoms with E-state index < -0.39 is 0 Å². The van der Waals surface area contributed by atoms with Crippen LogP contribution in [0.25, 0.3) is 0 Å². The minimum Gasteiger partial charge on any atom is -0.340 e. The average molecular weight is 303 g/mol. The Morgan fingerprint density at radius 3 is 2.61 bits per heavy atom. The smallest absolute Gasteiger partial charge is 0.190 e. The Hall–Kier alpha value is -1.17. The van der Waals surface area contributed by atoms with Crippen molar-refractivity contribution in [1.29, 1.82) is 0 Å². The predicted molar refractivity (Wildman–Crippen MR) is 70.8 cm³/mol. The maximum Gasteiger partial charge on any atom is 0.190 e. The van der Waals surface area contributed by atoms with Gasteiger partial charge >= 0.3 is 0 Å². The Morgan fingerprint density at radius 2 is 2.11 bits per heavy atom. The van der Waals surface area contributed by atoms with E-state index in [1.165, 1.54) is 12.4 Å². The van der Waals surface area contributed by atoms with Gasteiger partial charge in [0.25, 0.3) is 0 Å². The molecule has 2 aromatic heterocycles. The molecule has 0 N–H and O–H groups in total. The number of Topliss-reactive ketones (excluding diaryl/α,β-unsaturated/α-hetero) is 2. The number of halogens is 2. The normalized spacial score (nSPS) is 10.6. The van der Waals surface area contributed by atoms with Crippen molar-refractivity contribution >= 4 is 46.1 Å². The molecule has 0 bridgehead atoms. The number of hydrogen-bond acceptors (Lipinski definition) is 4. The maximum absolute atomic E-state index is 11.9. The molecule has 0 spiro atoms. The van der Waals surface area contributed by atoms with Crippen LogP contribution in [0.15, 0.2) is 18.6 Å². The van der Waals surface area contributed by atoms with E-state index in [0.29, 0.717) is 8.67 Å². The summed E-state index contributed by atoms with van der Waals surface area (Å²) in [5.41, 5.74) is 0.555. The monoisotopic (exact) mass is 302 g/mol. The van der Waals surface area contributed by atoms with Crippen LogP contribution in [0.5, 0.6) is 0 Å². The molecule has 0 aliphatic carbocycles. The second kappa shape index (κ2) is 5.22. The van der Waals surface area contributed by atoms with Gasteiger partial charge in [-0.05, 0) is 6.07 Å². The van der Waals surface area contributed by atoms with Crippen LogP contribution in [-0.4, -0.2) is 21.1 Å². The van der Waals surface area contributed by atoms with Crippen molar-refractivity contribution < 1.29 is 9.59 Å². The molecule has 0 fully saturated rings. The second-order valence-electron chi connectivity index (χ2n) is 3.69. The van der Waals surface area contributed by atoms with Crippen LogP contribution in [0.1, 0.15) is 27.3 Å². The van der Waals surface area contributed by atoms with Crippen molar-refractivity contribution in [3.8, 4) is 0 Å². The number of nitrogens with zero attached hydrogens (tertiary/aromatic N) is 2. The first kappa shape index (κ1) is 13.3. The molecule has 4 nitrogen and oxygen atoms in total. The molecule has 7 heteroatoms. The van der Waals surface area contributed by atoms with Gasteiger partial charge in [0, 0.05) is 18.8 Å². The molecule has 0 atom stereocenters. The van der Waals surface area contributed by atoms with Gasteiger partial charge in [-0.15, -0.1) is 11.3 Å². The van der Waals surface area contributed by atoms with Gasteiger partial charge in [0.2, 0.25) is 0 Å². The highest BCUT2D eigenvalue weighted by Crippen LogP contribution is 2.32. The first-order valence-electron chi connectivity index (χ1n) is 4.96. The van der Waals surface area contributed by atoms with E-state index in [-0.39, 0.29) is 29.2 Å². The molecular formula is C11H8Cl2N2O2S. The number of hydrogen-bond donors (Lipinski definition) is 0. The molecule has 0 amide bonds. The summed E-state index contributed by atoms with van der Waals surface area (Å²) in [5.74, 6) is -0.683. The average Bonchev–Trinajstić information content (AvgIpc) is 2.84. The van der Waals surface area contributed by atoms with Crippen molar-refractivity contribution in [3.05, 3.63) is 38.5 Å². The van der Waals surface area contributed by atoms with E-state index in [0.717, 1.165) is 11.3 Å². The van der Waals surface area contributed by atoms with E-state index in [9.17, 15) is 9.59 Å². The Kier molecular flexibility index (Phi) is 3.85. The minimum atomic E-state index is -0.348. The van der Waals surface area contributed by atoms with Crippen LogP contribution < -0.4 is 0 Å². The first-order chi connectivity index (χ1) is 8.47. The van der Waals surface area contributed by atoms with Gasteiger partial charge in [-0.1, -0.05) is 23.2 Å². The molecule has 2 heterocycles. The van der Waals surface area contributed by atoms with Gasteiger partial charge in [0.05, 0.1) is 17.1 Å². The number of ketones is 2. The molecule has 94 valence electrons. The third kappa shape index (κ3) is 2.80. The number of thiophene rings is 1. The first-order valence-corrected chi connectivity index (χ1v) is 6.54. The summed E-state index contributed by atoms with van der Waals surface area (Å²) in [6, 6.07) is 1.47. The Labute approximate surface area is 117 Å². The lowest BCUT2D eigenvalue weighted by Crippen LogP contribution is -2.08. The summed E-state index contributed by atoms with van der Waals surface area (Å²) < 4.78 is 2.37. The van der Waals surface area contributed by atoms with Crippen LogP contribution >= 0.6 is 34.5 Å². The number of carbonyl (C=O) groups excluding carboxylic acids is 2. The fourth-order valence-electron chi connectivity index (χ4n) is 1.42. The van der Waals surface area contributed by atoms with Gasteiger partial charge in [-0.2, -0.15) is 0 Å². The molecule has 0 saturated heterocycles. The van der Waals surface area contributed by atoms with Crippen molar-refractivity contribution in [1.82, 2.24) is 9.55 Å². The quantitative estimate of drug-likeness (QED) is 0.643. The molecule has 0 saturated carbocycles. The molecule has 2 aromatic rings. The zero-order valence-corrected chi connectivity index (χ0v) is 11.6. The van der Waals surface area contributed by atoms with E-state index >= 15 is 0 Å². The number of aromatic nitrogens is 2. The lowest BCUT2D eigenvalue weighted by Gasteiger charge is -1.96. The fraction of sp³-hybridized carbons (Fsp3) is 0.182. The van der Waals surface area contributed by atoms with Crippen molar-refractivity contribution in [2.75, 3.05) is 0 Å². The summed E-state index contributed by atoms with van der Waals surface area (Å²) >= 11 is 12.7. The minimum absolute atomic E-state index is 0.260. The molecule has 0 aromatic carbocycles. The molecule has 0 aliphatic heterocycles. The van der Waals surface area contributed by atoms with Crippen molar-refractivity contribution in [2.24, 2.45) is 7.05 Å². The van der Waals surface area contributed by atoms with Gasteiger partial charge in [0.15, 0.2) is 11.6 Å². The lowest BCUT2D eigenvalue weighted by atomic mass is 10.1. The zero-order chi connectivity index (χ0) is 13.3. The van der Waals surface area contributed by atoms with E-state index in [1.54, 1.807) is 17.8 Å². The Bertz CT molecular complexity index is 618. The third-order valence-electron chi connectivity index (χ3n) is 2.27. The number of carbonyl (C=O) groups is 2. The highest BCUT2D eigenvalue weighted by molar-refractivity contribution is 7.20. The van der Waals surface area contributed by atoms with Gasteiger partial charge < -0.3 is 4.57 Å². The standard InChI is InChI=1S/C11H8Cl2N2O2S/c1-15-4-7(14-5-15)9(17)3-8(16)6-2-10(12)18-11(6)13/h2,4-5H,3H2,1H3. The summed E-state index contributed by atoms with van der Waals surface area (Å²) in [6.45, 7) is 0. The van der Waals surface area contributed by atoms with E-state index in [1.807, 2.05) is 0 Å². The van der Waals surface area contributed by atoms with Crippen LogP contribution in [-0.2, 0) is 7.05 Å². The Morgan fingerprint density at radius 1 is 1.39 bits per heavy atom. The zero-order valence-electron chi connectivity index (χ0n) is 9.31. The third-order valence-corrected chi connectivity index (χ3v) is 3.76. The topological polar surface area (TPSA) is 52.0 Å². The molecule has 18 heavy (non-hydrogen) atoms. The summed E-state index contributed by atoms with van der Waals surface area (Å²) in [5, 5.41) is 0. The summed E-state index contributed by atoms with van der Waals surface area (Å²) in [7, 11) is 1.75. The Balaban J connectivity index is 2.13. The lowest BCUT2D eigenvalue weighted by molar-refractivity contribution is 0.0892. The van der Waals surface area contributed by atoms with Crippen LogP contribution in [0.2, 0.25) is 8.67 Å². The van der Waals surface area contributed by atoms with Crippen molar-refractivity contribution in [3.63, 3.8) is 0 Å². The second-order valence-corrected chi connectivity index (χ2v) is 5.97.